The molecule has 0 spiro atoms. The highest BCUT2D eigenvalue weighted by Gasteiger charge is 2.52. The zero-order chi connectivity index (χ0) is 27.7. The van der Waals surface area contributed by atoms with Gasteiger partial charge in [-0.15, -0.1) is 0 Å². The van der Waals surface area contributed by atoms with Crippen molar-refractivity contribution in [3.63, 3.8) is 0 Å². The lowest BCUT2D eigenvalue weighted by atomic mass is 9.86. The van der Waals surface area contributed by atoms with Crippen LogP contribution in [0, 0.1) is 0 Å². The molecule has 0 saturated carbocycles. The molecule has 0 aromatic heterocycles. The van der Waals surface area contributed by atoms with Crippen LogP contribution in [0.15, 0.2) is 24.3 Å². The summed E-state index contributed by atoms with van der Waals surface area (Å²) < 4.78 is 31.3. The molecule has 0 unspecified atom stereocenters. The molecule has 2 aliphatic heterocycles. The molecule has 5 atom stereocenters. The number of benzene rings is 2. The normalized spacial score (nSPS) is 24.2. The van der Waals surface area contributed by atoms with E-state index in [0.29, 0.717) is 5.56 Å². The van der Waals surface area contributed by atoms with Gasteiger partial charge >= 0.3 is 11.9 Å². The van der Waals surface area contributed by atoms with Crippen LogP contribution in [0.1, 0.15) is 27.6 Å². The summed E-state index contributed by atoms with van der Waals surface area (Å²) in [5, 5.41) is 51.9. The maximum atomic E-state index is 12.4. The van der Waals surface area contributed by atoms with Gasteiger partial charge in [-0.05, 0) is 29.8 Å². The molecular weight excluding hydrogens is 508 g/mol. The Kier molecular flexibility index (Phi) is 7.53. The monoisotopic (exact) mass is 534 g/mol. The fourth-order valence-electron chi connectivity index (χ4n) is 4.32. The Morgan fingerprint density at radius 1 is 0.974 bits per heavy atom. The Morgan fingerprint density at radius 3 is 2.24 bits per heavy atom. The number of fused-ring (bicyclic) bond motifs is 3. The first-order valence-corrected chi connectivity index (χ1v) is 11.3. The third-order valence-electron chi connectivity index (χ3n) is 6.22. The van der Waals surface area contributed by atoms with E-state index in [1.54, 1.807) is 0 Å². The van der Waals surface area contributed by atoms with Crippen molar-refractivity contribution in [2.45, 2.75) is 30.5 Å². The van der Waals surface area contributed by atoms with Crippen LogP contribution < -0.4 is 14.2 Å². The maximum absolute atomic E-state index is 12.4. The second kappa shape index (κ2) is 10.7. The molecule has 0 aliphatic carbocycles. The van der Waals surface area contributed by atoms with Crippen LogP contribution >= 0.6 is 0 Å². The molecule has 0 radical (unpaired) electrons. The second-order valence-electron chi connectivity index (χ2n) is 8.42. The minimum Gasteiger partial charge on any atom is -0.504 e. The predicted octanol–water partition coefficient (Wildman–Crippen LogP) is 0.786. The average Bonchev–Trinajstić information content (AvgIpc) is 2.90. The number of methoxy groups -OCH3 is 3. The molecular formula is C25H26O13. The number of esters is 2. The third kappa shape index (κ3) is 4.74. The molecule has 13 heteroatoms. The van der Waals surface area contributed by atoms with Gasteiger partial charge in [-0.3, -0.25) is 0 Å². The summed E-state index contributed by atoms with van der Waals surface area (Å²) >= 11 is 0. The highest BCUT2D eigenvalue weighted by Crippen LogP contribution is 2.50. The van der Waals surface area contributed by atoms with E-state index in [9.17, 15) is 35.1 Å². The lowest BCUT2D eigenvalue weighted by Gasteiger charge is -2.44. The van der Waals surface area contributed by atoms with Gasteiger partial charge in [-0.25, -0.2) is 9.59 Å². The molecule has 204 valence electrons. The van der Waals surface area contributed by atoms with Crippen LogP contribution in [-0.4, -0.2) is 89.8 Å². The summed E-state index contributed by atoms with van der Waals surface area (Å²) in [6, 6.07) is 3.96. The first kappa shape index (κ1) is 26.9. The predicted molar refractivity (Wildman–Crippen MR) is 126 cm³/mol. The minimum absolute atomic E-state index is 0.113. The maximum Gasteiger partial charge on any atom is 0.339 e. The van der Waals surface area contributed by atoms with Crippen molar-refractivity contribution in [2.24, 2.45) is 0 Å². The Balaban J connectivity index is 1.51. The Hall–Kier alpha value is -4.20. The first-order valence-electron chi connectivity index (χ1n) is 11.3. The van der Waals surface area contributed by atoms with Crippen molar-refractivity contribution in [3.8, 4) is 34.5 Å². The number of carbonyl (C=O) groups is 2. The fraction of sp³-hybridized carbons (Fsp3) is 0.360. The molecule has 5 N–H and O–H groups in total. The minimum atomic E-state index is -1.65. The quantitative estimate of drug-likeness (QED) is 0.248. The van der Waals surface area contributed by atoms with E-state index in [-0.39, 0.29) is 34.1 Å². The van der Waals surface area contributed by atoms with Gasteiger partial charge in [-0.2, -0.15) is 0 Å². The van der Waals surface area contributed by atoms with Gasteiger partial charge < -0.3 is 54.0 Å². The van der Waals surface area contributed by atoms with Crippen LogP contribution in [-0.2, 0) is 19.0 Å². The van der Waals surface area contributed by atoms with Crippen LogP contribution in [0.25, 0.3) is 6.08 Å². The zero-order valence-corrected chi connectivity index (χ0v) is 20.5. The Morgan fingerprint density at radius 2 is 1.63 bits per heavy atom. The number of phenols is 3. The van der Waals surface area contributed by atoms with E-state index in [2.05, 4.69) is 0 Å². The van der Waals surface area contributed by atoms with Crippen molar-refractivity contribution in [1.82, 2.24) is 0 Å². The van der Waals surface area contributed by atoms with Gasteiger partial charge in [0, 0.05) is 11.6 Å². The summed E-state index contributed by atoms with van der Waals surface area (Å²) in [6.45, 7) is -0.508. The number of ether oxygens (including phenoxy) is 6. The summed E-state index contributed by atoms with van der Waals surface area (Å²) in [4.78, 5) is 24.8. The molecule has 38 heavy (non-hydrogen) atoms. The average molecular weight is 534 g/mol. The topological polar surface area (TPSA) is 191 Å². The lowest BCUT2D eigenvalue weighted by Crippen LogP contribution is -2.58. The van der Waals surface area contributed by atoms with Gasteiger partial charge in [0.05, 0.1) is 26.9 Å². The van der Waals surface area contributed by atoms with E-state index >= 15 is 0 Å². The van der Waals surface area contributed by atoms with E-state index in [0.717, 1.165) is 12.1 Å². The summed E-state index contributed by atoms with van der Waals surface area (Å²) in [5.41, 5.74) is 0.122. The Bertz CT molecular complexity index is 1250. The third-order valence-corrected chi connectivity index (χ3v) is 6.22. The molecule has 4 rings (SSSR count). The number of aliphatic hydroxyl groups is 2. The standard InChI is InChI=1S/C25H26O13/c1-33-13-6-10(7-14(34-2)18(13)28)4-5-16(27)36-9-15-19(29)21(31)24-23(37-15)17-11(25(32)38-24)8-12(26)22(35-3)20(17)30/h4-8,15,19,21,23-24,26,28-31H,9H2,1-3H3/t15-,19-,21+,23+,24-/m1/s1. The van der Waals surface area contributed by atoms with Crippen molar-refractivity contribution in [2.75, 3.05) is 27.9 Å². The molecule has 13 nitrogen and oxygen atoms in total. The molecule has 1 saturated heterocycles. The number of hydrogen-bond donors (Lipinski definition) is 5. The lowest BCUT2D eigenvalue weighted by molar-refractivity contribution is -0.237. The molecule has 2 heterocycles. The number of phenolic OH excluding ortho intramolecular Hbond substituents is 3. The summed E-state index contributed by atoms with van der Waals surface area (Å²) in [6.07, 6.45) is -4.75. The smallest absolute Gasteiger partial charge is 0.339 e. The van der Waals surface area contributed by atoms with Crippen LogP contribution in [0.3, 0.4) is 0 Å². The van der Waals surface area contributed by atoms with Gasteiger partial charge in [-0.1, -0.05) is 0 Å². The Labute approximate surface area is 216 Å². The SMILES string of the molecule is COc1cc(C=CC(=O)OC[C@H]2O[C@H]3c4c(cc(O)c(OC)c4O)C(=O)O[C@@H]3[C@@H](O)[C@@H]2O)cc(OC)c1O. The highest BCUT2D eigenvalue weighted by molar-refractivity contribution is 5.95. The zero-order valence-electron chi connectivity index (χ0n) is 20.5. The van der Waals surface area contributed by atoms with Gasteiger partial charge in [0.25, 0.3) is 0 Å². The molecule has 2 aliphatic rings. The van der Waals surface area contributed by atoms with Crippen LogP contribution in [0.5, 0.6) is 34.5 Å². The number of hydrogen-bond acceptors (Lipinski definition) is 13. The van der Waals surface area contributed by atoms with Crippen molar-refractivity contribution in [1.29, 1.82) is 0 Å². The van der Waals surface area contributed by atoms with E-state index in [1.807, 2.05) is 0 Å². The van der Waals surface area contributed by atoms with Gasteiger partial charge in [0.15, 0.2) is 29.1 Å². The van der Waals surface area contributed by atoms with Crippen molar-refractivity contribution < 1.29 is 63.5 Å². The molecule has 1 fully saturated rings. The van der Waals surface area contributed by atoms with Crippen LogP contribution in [0.2, 0.25) is 0 Å². The molecule has 2 aromatic carbocycles. The molecule has 0 bridgehead atoms. The molecule has 2 aromatic rings. The second-order valence-corrected chi connectivity index (χ2v) is 8.42. The summed E-state index contributed by atoms with van der Waals surface area (Å²) in [5.74, 6) is -3.17. The van der Waals surface area contributed by atoms with Gasteiger partial charge in [0.1, 0.15) is 31.0 Å². The van der Waals surface area contributed by atoms with E-state index < -0.39 is 60.6 Å². The van der Waals surface area contributed by atoms with Crippen LogP contribution in [0.4, 0.5) is 0 Å². The molecule has 0 amide bonds. The van der Waals surface area contributed by atoms with E-state index in [1.165, 1.54) is 39.5 Å². The highest BCUT2D eigenvalue weighted by atomic mass is 16.6. The van der Waals surface area contributed by atoms with Crippen molar-refractivity contribution in [3.05, 3.63) is 41.0 Å². The largest absolute Gasteiger partial charge is 0.504 e. The number of rotatable bonds is 7. The fourth-order valence-corrected chi connectivity index (χ4v) is 4.32. The van der Waals surface area contributed by atoms with Gasteiger partial charge in [0.2, 0.25) is 11.5 Å². The van der Waals surface area contributed by atoms with E-state index in [4.69, 9.17) is 28.4 Å². The summed E-state index contributed by atoms with van der Waals surface area (Å²) in [7, 11) is 3.91. The number of carbonyl (C=O) groups excluding carboxylic acids is 2. The number of aliphatic hydroxyl groups excluding tert-OH is 2. The first-order chi connectivity index (χ1) is 18.1. The van der Waals surface area contributed by atoms with Crippen molar-refractivity contribution >= 4 is 18.0 Å². The number of aromatic hydroxyl groups is 3.